The Bertz CT molecular complexity index is 1970. The van der Waals surface area contributed by atoms with Crippen molar-refractivity contribution in [2.45, 2.75) is 26.7 Å². The van der Waals surface area contributed by atoms with E-state index in [4.69, 9.17) is 0 Å². The van der Waals surface area contributed by atoms with Gasteiger partial charge in [0.15, 0.2) is 0 Å². The van der Waals surface area contributed by atoms with Crippen LogP contribution >= 0.6 is 0 Å². The zero-order chi connectivity index (χ0) is 27.1. The number of rotatable bonds is 5. The molecule has 0 saturated carbocycles. The van der Waals surface area contributed by atoms with Gasteiger partial charge in [0, 0.05) is 0 Å². The molecule has 40 heavy (non-hydrogen) atoms. The normalized spacial score (nSPS) is 11.4. The van der Waals surface area contributed by atoms with Crippen LogP contribution in [0.15, 0.2) is 133 Å². The van der Waals surface area contributed by atoms with Crippen molar-refractivity contribution in [3.63, 3.8) is 0 Å². The van der Waals surface area contributed by atoms with E-state index < -0.39 is 0 Å². The highest BCUT2D eigenvalue weighted by molar-refractivity contribution is 6.21. The molecule has 192 valence electrons. The van der Waals surface area contributed by atoms with Crippen LogP contribution in [0.5, 0.6) is 0 Å². The molecule has 0 N–H and O–H groups in total. The second-order valence-corrected chi connectivity index (χ2v) is 10.8. The third-order valence-corrected chi connectivity index (χ3v) is 8.32. The van der Waals surface area contributed by atoms with E-state index >= 15 is 0 Å². The lowest BCUT2D eigenvalue weighted by Crippen LogP contribution is -1.94. The Morgan fingerprint density at radius 1 is 0.450 bits per heavy atom. The number of benzene rings is 7. The van der Waals surface area contributed by atoms with Crippen LogP contribution in [0.25, 0.3) is 65.7 Å². The van der Waals surface area contributed by atoms with Gasteiger partial charge in [-0.1, -0.05) is 135 Å². The molecule has 7 rings (SSSR count). The van der Waals surface area contributed by atoms with Crippen LogP contribution in [0.4, 0.5) is 0 Å². The van der Waals surface area contributed by atoms with Crippen molar-refractivity contribution in [2.24, 2.45) is 0 Å². The summed E-state index contributed by atoms with van der Waals surface area (Å²) in [6, 6.07) is 49.3. The van der Waals surface area contributed by atoms with Gasteiger partial charge in [0.25, 0.3) is 0 Å². The number of fused-ring (bicyclic) bond motifs is 3. The molecule has 0 saturated heterocycles. The Kier molecular flexibility index (Phi) is 6.17. The standard InChI is InChI=1S/C40H32/c1-3-12-29-14-6-7-16-33(29)38-26-32(22-21-27(38)2)40-36-19-10-8-17-34(36)39(35-18-9-11-20-37(35)40)31-24-23-28-13-4-5-15-30(28)25-31/h4-11,13-26H,3,12H2,1-2H3. The van der Waals surface area contributed by atoms with E-state index in [2.05, 4.69) is 147 Å². The van der Waals surface area contributed by atoms with Crippen molar-refractivity contribution in [3.05, 3.63) is 145 Å². The van der Waals surface area contributed by atoms with Gasteiger partial charge in [-0.05, 0) is 102 Å². The summed E-state index contributed by atoms with van der Waals surface area (Å²) in [6.45, 7) is 4.50. The lowest BCUT2D eigenvalue weighted by molar-refractivity contribution is 0.923. The summed E-state index contributed by atoms with van der Waals surface area (Å²) in [5, 5.41) is 7.71. The van der Waals surface area contributed by atoms with Crippen LogP contribution < -0.4 is 0 Å². The van der Waals surface area contributed by atoms with Crippen molar-refractivity contribution in [3.8, 4) is 33.4 Å². The van der Waals surface area contributed by atoms with Crippen molar-refractivity contribution >= 4 is 32.3 Å². The Labute approximate surface area is 236 Å². The first kappa shape index (κ1) is 24.4. The molecule has 0 spiro atoms. The summed E-state index contributed by atoms with van der Waals surface area (Å²) in [5.41, 5.74) is 10.6. The highest BCUT2D eigenvalue weighted by atomic mass is 14.2. The molecule has 0 nitrogen and oxygen atoms in total. The maximum Gasteiger partial charge on any atom is -0.00262 e. The average molecular weight is 513 g/mol. The van der Waals surface area contributed by atoms with Gasteiger partial charge in [-0.15, -0.1) is 0 Å². The maximum atomic E-state index is 2.42. The van der Waals surface area contributed by atoms with E-state index in [-0.39, 0.29) is 0 Å². The average Bonchev–Trinajstić information content (AvgIpc) is 3.00. The Morgan fingerprint density at radius 2 is 0.975 bits per heavy atom. The van der Waals surface area contributed by atoms with E-state index in [1.54, 1.807) is 0 Å². The lowest BCUT2D eigenvalue weighted by Gasteiger charge is -2.19. The predicted octanol–water partition coefficient (Wildman–Crippen LogP) is 11.4. The van der Waals surface area contributed by atoms with Gasteiger partial charge in [0.1, 0.15) is 0 Å². The molecule has 0 amide bonds. The SMILES string of the molecule is CCCc1ccccc1-c1cc(-c2c3ccccc3c(-c3ccc4ccccc4c3)c3ccccc23)ccc1C. The van der Waals surface area contributed by atoms with Crippen molar-refractivity contribution < 1.29 is 0 Å². The second kappa shape index (κ2) is 10.1. The van der Waals surface area contributed by atoms with Gasteiger partial charge < -0.3 is 0 Å². The van der Waals surface area contributed by atoms with Gasteiger partial charge in [-0.3, -0.25) is 0 Å². The molecule has 0 fully saturated rings. The van der Waals surface area contributed by atoms with Crippen LogP contribution in [0.3, 0.4) is 0 Å². The van der Waals surface area contributed by atoms with E-state index in [1.807, 2.05) is 0 Å². The quantitative estimate of drug-likeness (QED) is 0.201. The highest BCUT2D eigenvalue weighted by Crippen LogP contribution is 2.45. The Morgan fingerprint density at radius 3 is 1.62 bits per heavy atom. The number of hydrogen-bond acceptors (Lipinski definition) is 0. The first-order valence-electron chi connectivity index (χ1n) is 14.3. The second-order valence-electron chi connectivity index (χ2n) is 10.8. The maximum absolute atomic E-state index is 2.42. The molecular weight excluding hydrogens is 480 g/mol. The van der Waals surface area contributed by atoms with Crippen LogP contribution in [0.2, 0.25) is 0 Å². The molecule has 0 atom stereocenters. The van der Waals surface area contributed by atoms with Crippen molar-refractivity contribution in [1.82, 2.24) is 0 Å². The summed E-state index contributed by atoms with van der Waals surface area (Å²) in [4.78, 5) is 0. The lowest BCUT2D eigenvalue weighted by atomic mass is 9.84. The fraction of sp³-hybridized carbons (Fsp3) is 0.100. The molecule has 0 heteroatoms. The van der Waals surface area contributed by atoms with Gasteiger partial charge in [-0.2, -0.15) is 0 Å². The first-order valence-corrected chi connectivity index (χ1v) is 14.3. The van der Waals surface area contributed by atoms with Gasteiger partial charge in [0.2, 0.25) is 0 Å². The van der Waals surface area contributed by atoms with Gasteiger partial charge >= 0.3 is 0 Å². The topological polar surface area (TPSA) is 0 Å². The molecule has 0 aliphatic rings. The van der Waals surface area contributed by atoms with E-state index in [9.17, 15) is 0 Å². The summed E-state index contributed by atoms with van der Waals surface area (Å²) < 4.78 is 0. The fourth-order valence-corrected chi connectivity index (χ4v) is 6.43. The Hall–Kier alpha value is -4.68. The zero-order valence-electron chi connectivity index (χ0n) is 23.1. The fourth-order valence-electron chi connectivity index (χ4n) is 6.43. The predicted molar refractivity (Wildman–Crippen MR) is 174 cm³/mol. The van der Waals surface area contributed by atoms with Crippen LogP contribution in [-0.2, 0) is 6.42 Å². The van der Waals surface area contributed by atoms with Crippen LogP contribution in [0.1, 0.15) is 24.5 Å². The highest BCUT2D eigenvalue weighted by Gasteiger charge is 2.18. The summed E-state index contributed by atoms with van der Waals surface area (Å²) >= 11 is 0. The number of hydrogen-bond donors (Lipinski definition) is 0. The van der Waals surface area contributed by atoms with E-state index in [1.165, 1.54) is 76.8 Å². The van der Waals surface area contributed by atoms with Crippen LogP contribution in [-0.4, -0.2) is 0 Å². The largest absolute Gasteiger partial charge is 0.0651 e. The van der Waals surface area contributed by atoms with E-state index in [0.717, 1.165) is 12.8 Å². The molecular formula is C40H32. The molecule has 7 aromatic rings. The minimum absolute atomic E-state index is 1.09. The molecule has 7 aromatic carbocycles. The van der Waals surface area contributed by atoms with Crippen molar-refractivity contribution in [2.75, 3.05) is 0 Å². The molecule has 0 heterocycles. The number of aryl methyl sites for hydroxylation is 2. The van der Waals surface area contributed by atoms with Crippen LogP contribution in [0, 0.1) is 6.92 Å². The first-order chi connectivity index (χ1) is 19.7. The van der Waals surface area contributed by atoms with E-state index in [0.29, 0.717) is 0 Å². The third-order valence-electron chi connectivity index (χ3n) is 8.32. The molecule has 0 unspecified atom stereocenters. The van der Waals surface area contributed by atoms with Gasteiger partial charge in [-0.25, -0.2) is 0 Å². The molecule has 0 aliphatic heterocycles. The molecule has 0 aromatic heterocycles. The smallest absolute Gasteiger partial charge is 0.00262 e. The summed E-state index contributed by atoms with van der Waals surface area (Å²) in [6.07, 6.45) is 2.23. The summed E-state index contributed by atoms with van der Waals surface area (Å²) in [7, 11) is 0. The third kappa shape index (κ3) is 4.08. The monoisotopic (exact) mass is 512 g/mol. The zero-order valence-corrected chi connectivity index (χ0v) is 23.1. The van der Waals surface area contributed by atoms with Crippen molar-refractivity contribution in [1.29, 1.82) is 0 Å². The molecule has 0 bridgehead atoms. The Balaban J connectivity index is 1.53. The summed E-state index contributed by atoms with van der Waals surface area (Å²) in [5.74, 6) is 0. The minimum atomic E-state index is 1.09. The molecule has 0 aliphatic carbocycles. The minimum Gasteiger partial charge on any atom is -0.0651 e. The van der Waals surface area contributed by atoms with Gasteiger partial charge in [0.05, 0.1) is 0 Å². The molecule has 0 radical (unpaired) electrons.